The first-order valence-electron chi connectivity index (χ1n) is 16.6. The maximum Gasteiger partial charge on any atom is 0.469 e. The van der Waals surface area contributed by atoms with E-state index in [0.29, 0.717) is 12.8 Å². The van der Waals surface area contributed by atoms with Gasteiger partial charge in [0.15, 0.2) is 6.10 Å². The fourth-order valence-electron chi connectivity index (χ4n) is 4.41. The third-order valence-corrected chi connectivity index (χ3v) is 7.43. The number of phosphoric ester groups is 1. The number of carbonyl (C=O) groups excluding carboxylic acids is 2. The minimum Gasteiger partial charge on any atom is -0.462 e. The van der Waals surface area contributed by atoms with Crippen LogP contribution in [0.15, 0.2) is 24.3 Å². The average Bonchev–Trinajstić information content (AvgIpc) is 2.95. The lowest BCUT2D eigenvalue weighted by Crippen LogP contribution is -2.29. The van der Waals surface area contributed by atoms with Gasteiger partial charge in [0.25, 0.3) is 0 Å². The summed E-state index contributed by atoms with van der Waals surface area (Å²) >= 11 is 0. The number of hydrogen-bond acceptors (Lipinski definition) is 6. The largest absolute Gasteiger partial charge is 0.469 e. The molecule has 0 saturated carbocycles. The van der Waals surface area contributed by atoms with Crippen LogP contribution in [0.25, 0.3) is 0 Å². The van der Waals surface area contributed by atoms with Crippen LogP contribution in [0.5, 0.6) is 0 Å². The van der Waals surface area contributed by atoms with Gasteiger partial charge in [0.05, 0.1) is 6.61 Å². The second-order valence-electron chi connectivity index (χ2n) is 11.1. The van der Waals surface area contributed by atoms with E-state index in [1.54, 1.807) is 0 Å². The van der Waals surface area contributed by atoms with Crippen molar-refractivity contribution in [1.29, 1.82) is 0 Å². The number of esters is 2. The van der Waals surface area contributed by atoms with Crippen LogP contribution in [0.2, 0.25) is 0 Å². The van der Waals surface area contributed by atoms with Crippen LogP contribution in [0.4, 0.5) is 0 Å². The summed E-state index contributed by atoms with van der Waals surface area (Å²) in [6, 6.07) is 0. The average molecular weight is 617 g/mol. The number of allylic oxidation sites excluding steroid dienone is 4. The molecule has 2 N–H and O–H groups in total. The van der Waals surface area contributed by atoms with E-state index < -0.39 is 32.5 Å². The van der Waals surface area contributed by atoms with Crippen molar-refractivity contribution in [2.45, 2.75) is 161 Å². The van der Waals surface area contributed by atoms with E-state index in [2.05, 4.69) is 42.7 Å². The molecule has 0 aromatic rings. The summed E-state index contributed by atoms with van der Waals surface area (Å²) in [7, 11) is -4.74. The van der Waals surface area contributed by atoms with Crippen molar-refractivity contribution in [1.82, 2.24) is 0 Å². The van der Waals surface area contributed by atoms with Gasteiger partial charge in [0.1, 0.15) is 6.61 Å². The van der Waals surface area contributed by atoms with Gasteiger partial charge in [-0.1, -0.05) is 109 Å². The van der Waals surface area contributed by atoms with Crippen molar-refractivity contribution in [2.75, 3.05) is 13.2 Å². The molecular weight excluding hydrogens is 555 g/mol. The Morgan fingerprint density at radius 3 is 1.52 bits per heavy atom. The Hall–Kier alpha value is -1.47. The van der Waals surface area contributed by atoms with E-state index >= 15 is 0 Å². The number of phosphoric acid groups is 1. The monoisotopic (exact) mass is 616 g/mol. The molecule has 1 atom stereocenters. The summed E-state index contributed by atoms with van der Waals surface area (Å²) in [4.78, 5) is 42.4. The molecule has 42 heavy (non-hydrogen) atoms. The Labute approximate surface area is 256 Å². The molecule has 0 bridgehead atoms. The third-order valence-electron chi connectivity index (χ3n) is 6.94. The summed E-state index contributed by atoms with van der Waals surface area (Å²) in [5, 5.41) is 0. The van der Waals surface area contributed by atoms with Crippen molar-refractivity contribution in [3.63, 3.8) is 0 Å². The highest BCUT2D eigenvalue weighted by molar-refractivity contribution is 7.46. The first kappa shape index (κ1) is 40.5. The van der Waals surface area contributed by atoms with Gasteiger partial charge in [0, 0.05) is 12.8 Å². The molecule has 0 amide bonds. The van der Waals surface area contributed by atoms with Crippen molar-refractivity contribution in [2.24, 2.45) is 0 Å². The third kappa shape index (κ3) is 31.5. The van der Waals surface area contributed by atoms with E-state index in [1.807, 2.05) is 0 Å². The molecule has 246 valence electrons. The Morgan fingerprint density at radius 2 is 1.02 bits per heavy atom. The maximum absolute atomic E-state index is 12.3. The van der Waals surface area contributed by atoms with E-state index in [9.17, 15) is 14.2 Å². The molecule has 0 aromatic carbocycles. The molecule has 0 aliphatic carbocycles. The quantitative estimate of drug-likeness (QED) is 0.0355. The highest BCUT2D eigenvalue weighted by atomic mass is 31.2. The molecule has 8 nitrogen and oxygen atoms in total. The van der Waals surface area contributed by atoms with Crippen LogP contribution in [0.1, 0.15) is 155 Å². The topological polar surface area (TPSA) is 119 Å². The zero-order valence-corrected chi connectivity index (χ0v) is 27.5. The Morgan fingerprint density at radius 1 is 0.595 bits per heavy atom. The first-order chi connectivity index (χ1) is 20.3. The van der Waals surface area contributed by atoms with Gasteiger partial charge in [-0.15, -0.1) is 0 Å². The lowest BCUT2D eigenvalue weighted by atomic mass is 10.1. The van der Waals surface area contributed by atoms with E-state index in [0.717, 1.165) is 70.6 Å². The minimum absolute atomic E-state index is 0.201. The highest BCUT2D eigenvalue weighted by Crippen LogP contribution is 2.35. The van der Waals surface area contributed by atoms with Crippen molar-refractivity contribution < 1.29 is 37.9 Å². The number of rotatable bonds is 30. The van der Waals surface area contributed by atoms with Gasteiger partial charge in [-0.25, -0.2) is 4.57 Å². The predicted octanol–water partition coefficient (Wildman–Crippen LogP) is 9.29. The molecule has 0 unspecified atom stereocenters. The van der Waals surface area contributed by atoms with Gasteiger partial charge in [-0.05, 0) is 57.8 Å². The summed E-state index contributed by atoms with van der Waals surface area (Å²) in [5.41, 5.74) is 0. The second-order valence-corrected chi connectivity index (χ2v) is 12.4. The Kier molecular flexibility index (Phi) is 28.6. The minimum atomic E-state index is -4.74. The number of unbranched alkanes of at least 4 members (excludes halogenated alkanes) is 16. The van der Waals surface area contributed by atoms with Crippen LogP contribution < -0.4 is 0 Å². The van der Waals surface area contributed by atoms with E-state index in [1.165, 1.54) is 44.9 Å². The van der Waals surface area contributed by atoms with Crippen LogP contribution in [0.3, 0.4) is 0 Å². The molecule has 0 aromatic heterocycles. The first-order valence-corrected chi connectivity index (χ1v) is 18.2. The smallest absolute Gasteiger partial charge is 0.462 e. The van der Waals surface area contributed by atoms with Crippen LogP contribution in [-0.4, -0.2) is 41.0 Å². The molecule has 0 aliphatic heterocycles. The second kappa shape index (κ2) is 29.6. The van der Waals surface area contributed by atoms with Crippen LogP contribution in [0, 0.1) is 0 Å². The van der Waals surface area contributed by atoms with Gasteiger partial charge in [0.2, 0.25) is 0 Å². The Bertz CT molecular complexity index is 746. The molecule has 0 spiro atoms. The number of ether oxygens (including phenoxy) is 2. The number of carbonyl (C=O) groups is 2. The summed E-state index contributed by atoms with van der Waals surface area (Å²) in [6.07, 6.45) is 30.4. The molecule has 0 radical (unpaired) electrons. The normalized spacial score (nSPS) is 12.8. The summed E-state index contributed by atoms with van der Waals surface area (Å²) < 4.78 is 26.2. The van der Waals surface area contributed by atoms with Crippen molar-refractivity contribution in [3.8, 4) is 0 Å². The summed E-state index contributed by atoms with van der Waals surface area (Å²) in [5.74, 6) is -0.908. The zero-order valence-electron chi connectivity index (χ0n) is 26.6. The van der Waals surface area contributed by atoms with Gasteiger partial charge >= 0.3 is 19.8 Å². The van der Waals surface area contributed by atoms with Crippen LogP contribution in [-0.2, 0) is 28.2 Å². The lowest BCUT2D eigenvalue weighted by molar-refractivity contribution is -0.161. The number of hydrogen-bond donors (Lipinski definition) is 2. The van der Waals surface area contributed by atoms with E-state index in [-0.39, 0.29) is 19.4 Å². The molecule has 0 fully saturated rings. The molecule has 0 saturated heterocycles. The predicted molar refractivity (Wildman–Crippen MR) is 170 cm³/mol. The molecule has 0 rings (SSSR count). The van der Waals surface area contributed by atoms with Crippen molar-refractivity contribution in [3.05, 3.63) is 24.3 Å². The fourth-order valence-corrected chi connectivity index (χ4v) is 4.77. The molecule has 0 heterocycles. The molecule has 0 aliphatic rings. The zero-order chi connectivity index (χ0) is 31.2. The van der Waals surface area contributed by atoms with E-state index in [4.69, 9.17) is 19.3 Å². The highest BCUT2D eigenvalue weighted by Gasteiger charge is 2.22. The van der Waals surface area contributed by atoms with Crippen molar-refractivity contribution >= 4 is 19.8 Å². The maximum atomic E-state index is 12.3. The SMILES string of the molecule is CCCC/C=C/CCCCCCCC(=O)OC[C@H](COP(=O)(O)O)OC(=O)CCCCCCC/C=C/CCCCCC. The van der Waals surface area contributed by atoms with Gasteiger partial charge in [-0.2, -0.15) is 0 Å². The molecular formula is C33H61O8P. The van der Waals surface area contributed by atoms with Gasteiger partial charge < -0.3 is 19.3 Å². The fraction of sp³-hybridized carbons (Fsp3) is 0.818. The lowest BCUT2D eigenvalue weighted by Gasteiger charge is -2.18. The van der Waals surface area contributed by atoms with Gasteiger partial charge in [-0.3, -0.25) is 14.1 Å². The summed E-state index contributed by atoms with van der Waals surface area (Å²) in [6.45, 7) is 3.58. The Balaban J connectivity index is 4.05. The standard InChI is InChI=1S/C33H61O8P/c1-3-5-7-9-11-13-15-16-18-20-22-24-26-28-33(35)41-31(30-40-42(36,37)38)29-39-32(34)27-25-23-21-19-17-14-12-10-8-6-4-2/h10,12-13,15,31H,3-9,11,14,16-30H2,1-2H3,(H2,36,37,38)/b12-10+,15-13+/t31-/m1/s1. The van der Waals surface area contributed by atoms with Crippen LogP contribution >= 0.6 is 7.82 Å². The molecule has 9 heteroatoms.